The molecule has 4 rings (SSSR count). The second kappa shape index (κ2) is 8.02. The van der Waals surface area contributed by atoms with E-state index in [0.29, 0.717) is 17.1 Å². The highest BCUT2D eigenvalue weighted by molar-refractivity contribution is 6.30. The molecule has 5 heteroatoms. The highest BCUT2D eigenvalue weighted by atomic mass is 35.5. The van der Waals surface area contributed by atoms with Crippen LogP contribution >= 0.6 is 11.6 Å². The summed E-state index contributed by atoms with van der Waals surface area (Å²) in [6, 6.07) is 17.2. The Hall–Kier alpha value is -3.24. The van der Waals surface area contributed by atoms with E-state index in [1.807, 2.05) is 62.4 Å². The Balaban J connectivity index is 1.77. The smallest absolute Gasteiger partial charge is 0.252 e. The van der Waals surface area contributed by atoms with Crippen LogP contribution in [0.5, 0.6) is 0 Å². The number of rotatable bonds is 4. The summed E-state index contributed by atoms with van der Waals surface area (Å²) in [5.41, 5.74) is 6.10. The van der Waals surface area contributed by atoms with Crippen LogP contribution in [0.25, 0.3) is 22.2 Å². The molecule has 1 amide bonds. The van der Waals surface area contributed by atoms with Gasteiger partial charge in [0, 0.05) is 34.9 Å². The van der Waals surface area contributed by atoms with Crippen molar-refractivity contribution in [2.45, 2.75) is 20.4 Å². The first-order chi connectivity index (χ1) is 14.0. The first kappa shape index (κ1) is 19.1. The molecular weight excluding hydrogens is 382 g/mol. The third kappa shape index (κ3) is 4.13. The molecule has 0 spiro atoms. The molecular formula is C24H20ClN3O. The number of nitrogens with zero attached hydrogens (tertiary/aromatic N) is 2. The van der Waals surface area contributed by atoms with E-state index in [0.717, 1.165) is 38.9 Å². The van der Waals surface area contributed by atoms with Gasteiger partial charge in [-0.3, -0.25) is 9.78 Å². The molecule has 2 aromatic carbocycles. The van der Waals surface area contributed by atoms with Crippen molar-refractivity contribution in [1.82, 2.24) is 15.3 Å². The van der Waals surface area contributed by atoms with Crippen molar-refractivity contribution in [1.29, 1.82) is 0 Å². The normalized spacial score (nSPS) is 10.9. The molecule has 0 bridgehead atoms. The second-order valence-corrected chi connectivity index (χ2v) is 7.52. The number of aromatic nitrogens is 2. The molecule has 0 radical (unpaired) electrons. The van der Waals surface area contributed by atoms with Gasteiger partial charge in [0.25, 0.3) is 5.91 Å². The van der Waals surface area contributed by atoms with Crippen LogP contribution in [0.1, 0.15) is 27.0 Å². The van der Waals surface area contributed by atoms with Crippen LogP contribution in [0.3, 0.4) is 0 Å². The van der Waals surface area contributed by atoms with E-state index in [1.165, 1.54) is 0 Å². The number of pyridine rings is 2. The molecule has 2 heterocycles. The SMILES string of the molecule is Cc1cc(C)c2nc(-c3cccnc3)cc(C(=O)NCc3cccc(Cl)c3)c2c1. The van der Waals surface area contributed by atoms with E-state index in [4.69, 9.17) is 16.6 Å². The maximum Gasteiger partial charge on any atom is 0.252 e. The number of halogens is 1. The van der Waals surface area contributed by atoms with Crippen LogP contribution in [0.15, 0.2) is 67.0 Å². The maximum absolute atomic E-state index is 13.1. The summed E-state index contributed by atoms with van der Waals surface area (Å²) in [6.07, 6.45) is 3.48. The molecule has 144 valence electrons. The van der Waals surface area contributed by atoms with Gasteiger partial charge in [0.2, 0.25) is 0 Å². The number of amides is 1. The summed E-state index contributed by atoms with van der Waals surface area (Å²) in [5.74, 6) is -0.146. The molecule has 4 aromatic rings. The maximum atomic E-state index is 13.1. The van der Waals surface area contributed by atoms with Crippen molar-refractivity contribution >= 4 is 28.4 Å². The average Bonchev–Trinajstić information content (AvgIpc) is 2.72. The van der Waals surface area contributed by atoms with Crippen molar-refractivity contribution < 1.29 is 4.79 Å². The third-order valence-corrected chi connectivity index (χ3v) is 5.03. The first-order valence-electron chi connectivity index (χ1n) is 9.36. The van der Waals surface area contributed by atoms with Gasteiger partial charge < -0.3 is 5.32 Å². The summed E-state index contributed by atoms with van der Waals surface area (Å²) in [5, 5.41) is 4.51. The molecule has 0 saturated carbocycles. The zero-order chi connectivity index (χ0) is 20.4. The quantitative estimate of drug-likeness (QED) is 0.491. The minimum Gasteiger partial charge on any atom is -0.348 e. The number of benzene rings is 2. The Bertz CT molecular complexity index is 1210. The summed E-state index contributed by atoms with van der Waals surface area (Å²) in [7, 11) is 0. The van der Waals surface area contributed by atoms with Crippen LogP contribution in [-0.4, -0.2) is 15.9 Å². The van der Waals surface area contributed by atoms with Crippen molar-refractivity contribution in [3.8, 4) is 11.3 Å². The number of nitrogens with one attached hydrogen (secondary N) is 1. The minimum atomic E-state index is -0.146. The number of carbonyl (C=O) groups is 1. The largest absolute Gasteiger partial charge is 0.348 e. The van der Waals surface area contributed by atoms with E-state index >= 15 is 0 Å². The highest BCUT2D eigenvalue weighted by Gasteiger charge is 2.16. The zero-order valence-electron chi connectivity index (χ0n) is 16.2. The number of carbonyl (C=O) groups excluding carboxylic acids is 1. The van der Waals surface area contributed by atoms with Gasteiger partial charge in [-0.05, 0) is 61.4 Å². The van der Waals surface area contributed by atoms with E-state index in [9.17, 15) is 4.79 Å². The lowest BCUT2D eigenvalue weighted by atomic mass is 9.99. The van der Waals surface area contributed by atoms with Crippen molar-refractivity contribution in [3.63, 3.8) is 0 Å². The van der Waals surface area contributed by atoms with E-state index < -0.39 is 0 Å². The van der Waals surface area contributed by atoms with Crippen molar-refractivity contribution in [3.05, 3.63) is 94.3 Å². The van der Waals surface area contributed by atoms with Gasteiger partial charge in [0.1, 0.15) is 0 Å². The summed E-state index contributed by atoms with van der Waals surface area (Å²) in [4.78, 5) is 22.1. The molecule has 0 saturated heterocycles. The van der Waals surface area contributed by atoms with Crippen molar-refractivity contribution in [2.75, 3.05) is 0 Å². The lowest BCUT2D eigenvalue weighted by Gasteiger charge is -2.13. The fraction of sp³-hybridized carbons (Fsp3) is 0.125. The van der Waals surface area contributed by atoms with Crippen LogP contribution < -0.4 is 5.32 Å². The Kier molecular flexibility index (Phi) is 5.28. The van der Waals surface area contributed by atoms with E-state index in [2.05, 4.69) is 16.4 Å². The third-order valence-electron chi connectivity index (χ3n) is 4.79. The van der Waals surface area contributed by atoms with Gasteiger partial charge in [-0.1, -0.05) is 35.4 Å². The molecule has 0 aliphatic carbocycles. The molecule has 0 aliphatic heterocycles. The van der Waals surface area contributed by atoms with E-state index in [1.54, 1.807) is 12.4 Å². The molecule has 0 atom stereocenters. The Morgan fingerprint density at radius 2 is 1.93 bits per heavy atom. The molecule has 4 nitrogen and oxygen atoms in total. The highest BCUT2D eigenvalue weighted by Crippen LogP contribution is 2.27. The average molecular weight is 402 g/mol. The Morgan fingerprint density at radius 1 is 1.07 bits per heavy atom. The molecule has 0 unspecified atom stereocenters. The fourth-order valence-corrected chi connectivity index (χ4v) is 3.67. The Morgan fingerprint density at radius 3 is 2.69 bits per heavy atom. The van der Waals surface area contributed by atoms with Gasteiger partial charge in [-0.25, -0.2) is 4.98 Å². The summed E-state index contributed by atoms with van der Waals surface area (Å²) >= 11 is 6.05. The van der Waals surface area contributed by atoms with Crippen LogP contribution in [0.2, 0.25) is 5.02 Å². The number of hydrogen-bond donors (Lipinski definition) is 1. The van der Waals surface area contributed by atoms with Crippen LogP contribution in [0.4, 0.5) is 0 Å². The topological polar surface area (TPSA) is 54.9 Å². The zero-order valence-corrected chi connectivity index (χ0v) is 17.0. The summed E-state index contributed by atoms with van der Waals surface area (Å²) < 4.78 is 0. The van der Waals surface area contributed by atoms with Gasteiger partial charge >= 0.3 is 0 Å². The number of aryl methyl sites for hydroxylation is 2. The standard InChI is InChI=1S/C24H20ClN3O/c1-15-9-16(2)23-20(10-15)21(12-22(28-23)18-6-4-8-26-14-18)24(29)27-13-17-5-3-7-19(25)11-17/h3-12,14H,13H2,1-2H3,(H,27,29). The molecule has 0 fully saturated rings. The number of fused-ring (bicyclic) bond motifs is 1. The monoisotopic (exact) mass is 401 g/mol. The summed E-state index contributed by atoms with van der Waals surface area (Å²) in [6.45, 7) is 4.44. The van der Waals surface area contributed by atoms with Crippen LogP contribution in [0, 0.1) is 13.8 Å². The molecule has 2 aromatic heterocycles. The van der Waals surface area contributed by atoms with Gasteiger partial charge in [-0.15, -0.1) is 0 Å². The van der Waals surface area contributed by atoms with Gasteiger partial charge in [0.15, 0.2) is 0 Å². The first-order valence-corrected chi connectivity index (χ1v) is 9.74. The lowest BCUT2D eigenvalue weighted by molar-refractivity contribution is 0.0952. The van der Waals surface area contributed by atoms with Crippen molar-refractivity contribution in [2.24, 2.45) is 0 Å². The fourth-order valence-electron chi connectivity index (χ4n) is 3.46. The molecule has 1 N–H and O–H groups in total. The molecule has 0 aliphatic rings. The van der Waals surface area contributed by atoms with Gasteiger partial charge in [0.05, 0.1) is 16.8 Å². The predicted molar refractivity (Wildman–Crippen MR) is 117 cm³/mol. The Labute approximate surface area is 174 Å². The van der Waals surface area contributed by atoms with Gasteiger partial charge in [-0.2, -0.15) is 0 Å². The molecule has 29 heavy (non-hydrogen) atoms. The lowest BCUT2D eigenvalue weighted by Crippen LogP contribution is -2.23. The second-order valence-electron chi connectivity index (χ2n) is 7.09. The number of hydrogen-bond acceptors (Lipinski definition) is 3. The predicted octanol–water partition coefficient (Wildman–Crippen LogP) is 5.50. The van der Waals surface area contributed by atoms with Crippen LogP contribution in [-0.2, 0) is 6.54 Å². The van der Waals surface area contributed by atoms with E-state index in [-0.39, 0.29) is 5.91 Å². The minimum absolute atomic E-state index is 0.146.